The van der Waals surface area contributed by atoms with Crippen molar-refractivity contribution < 1.29 is 14.3 Å². The summed E-state index contributed by atoms with van der Waals surface area (Å²) in [5.41, 5.74) is 2.60. The number of benzene rings is 1. The van der Waals surface area contributed by atoms with Gasteiger partial charge in [0, 0.05) is 12.7 Å². The van der Waals surface area contributed by atoms with Gasteiger partial charge in [-0.05, 0) is 42.7 Å². The second kappa shape index (κ2) is 7.89. The van der Waals surface area contributed by atoms with Gasteiger partial charge >= 0.3 is 0 Å². The lowest BCUT2D eigenvalue weighted by atomic mass is 9.92. The quantitative estimate of drug-likeness (QED) is 0.651. The smallest absolute Gasteiger partial charge is 0.255 e. The number of nitrogens with one attached hydrogen (secondary N) is 1. The third-order valence-electron chi connectivity index (χ3n) is 5.25. The van der Waals surface area contributed by atoms with Gasteiger partial charge < -0.3 is 15.0 Å². The summed E-state index contributed by atoms with van der Waals surface area (Å²) >= 11 is 6.06. The van der Waals surface area contributed by atoms with Gasteiger partial charge in [-0.15, -0.1) is 0 Å². The fourth-order valence-electron chi connectivity index (χ4n) is 3.75. The van der Waals surface area contributed by atoms with Crippen LogP contribution in [0.5, 0.6) is 0 Å². The fraction of sp³-hybridized carbons (Fsp3) is 0.333. The normalized spacial score (nSPS) is 19.7. The number of nitrogens with zero attached hydrogens (tertiary/aromatic N) is 2. The third kappa shape index (κ3) is 3.88. The standard InChI is InChI=1S/C21H21ClFN3O2/c22-19-10-9-17-20(25-19)15(21(28)24-16-3-1-2-4-18(16)27)12-26(17)11-13-5-7-14(23)8-6-13/h5-10,12,16,18,27H,1-4,11H2,(H,24,28)/t16-,18-/m0/s1. The van der Waals surface area contributed by atoms with Gasteiger partial charge in [0.2, 0.25) is 0 Å². The minimum Gasteiger partial charge on any atom is -0.391 e. The zero-order chi connectivity index (χ0) is 19.7. The Labute approximate surface area is 167 Å². The summed E-state index contributed by atoms with van der Waals surface area (Å²) in [6.45, 7) is 0.472. The van der Waals surface area contributed by atoms with Gasteiger partial charge in [0.1, 0.15) is 16.5 Å². The van der Waals surface area contributed by atoms with Crippen molar-refractivity contribution in [3.05, 3.63) is 64.7 Å². The number of aliphatic hydroxyl groups is 1. The Morgan fingerprint density at radius 2 is 1.96 bits per heavy atom. The molecule has 0 spiro atoms. The molecule has 28 heavy (non-hydrogen) atoms. The van der Waals surface area contributed by atoms with Crippen LogP contribution >= 0.6 is 11.6 Å². The van der Waals surface area contributed by atoms with Gasteiger partial charge in [-0.3, -0.25) is 4.79 Å². The minimum absolute atomic E-state index is 0.254. The fourth-order valence-corrected chi connectivity index (χ4v) is 3.90. The van der Waals surface area contributed by atoms with Crippen molar-refractivity contribution in [2.75, 3.05) is 0 Å². The van der Waals surface area contributed by atoms with E-state index in [2.05, 4.69) is 10.3 Å². The van der Waals surface area contributed by atoms with Crippen LogP contribution in [0.4, 0.5) is 4.39 Å². The maximum atomic E-state index is 13.2. The zero-order valence-corrected chi connectivity index (χ0v) is 16.0. The van der Waals surface area contributed by atoms with Crippen LogP contribution < -0.4 is 5.32 Å². The third-order valence-corrected chi connectivity index (χ3v) is 5.46. The van der Waals surface area contributed by atoms with Crippen LogP contribution in [-0.4, -0.2) is 32.7 Å². The Hall–Kier alpha value is -2.44. The second-order valence-corrected chi connectivity index (χ2v) is 7.62. The van der Waals surface area contributed by atoms with E-state index in [1.54, 1.807) is 24.4 Å². The maximum absolute atomic E-state index is 13.2. The molecule has 2 atom stereocenters. The summed E-state index contributed by atoms with van der Waals surface area (Å²) < 4.78 is 15.1. The van der Waals surface area contributed by atoms with E-state index in [9.17, 15) is 14.3 Å². The van der Waals surface area contributed by atoms with Crippen LogP contribution in [-0.2, 0) is 6.54 Å². The lowest BCUT2D eigenvalue weighted by Gasteiger charge is -2.28. The molecule has 146 valence electrons. The van der Waals surface area contributed by atoms with E-state index in [1.165, 1.54) is 12.1 Å². The van der Waals surface area contributed by atoms with E-state index in [0.29, 0.717) is 29.2 Å². The van der Waals surface area contributed by atoms with Crippen molar-refractivity contribution in [1.82, 2.24) is 14.9 Å². The highest BCUT2D eigenvalue weighted by Gasteiger charge is 2.26. The van der Waals surface area contributed by atoms with Gasteiger partial charge in [0.25, 0.3) is 5.91 Å². The number of amides is 1. The van der Waals surface area contributed by atoms with E-state index in [0.717, 1.165) is 30.3 Å². The number of rotatable bonds is 4. The van der Waals surface area contributed by atoms with Crippen molar-refractivity contribution in [3.8, 4) is 0 Å². The molecular weight excluding hydrogens is 381 g/mol. The van der Waals surface area contributed by atoms with Crippen molar-refractivity contribution >= 4 is 28.5 Å². The Morgan fingerprint density at radius 3 is 2.71 bits per heavy atom. The molecule has 1 aromatic carbocycles. The van der Waals surface area contributed by atoms with Crippen LogP contribution in [0.15, 0.2) is 42.6 Å². The highest BCUT2D eigenvalue weighted by Crippen LogP contribution is 2.24. The van der Waals surface area contributed by atoms with Gasteiger partial charge in [0.15, 0.2) is 0 Å². The summed E-state index contributed by atoms with van der Waals surface area (Å²) in [4.78, 5) is 17.3. The lowest BCUT2D eigenvalue weighted by Crippen LogP contribution is -2.45. The molecule has 0 unspecified atom stereocenters. The molecule has 1 saturated carbocycles. The van der Waals surface area contributed by atoms with Crippen LogP contribution in [0, 0.1) is 5.82 Å². The summed E-state index contributed by atoms with van der Waals surface area (Å²) in [5, 5.41) is 13.4. The SMILES string of the molecule is O=C(N[C@H]1CCCC[C@@H]1O)c1cn(Cc2ccc(F)cc2)c2ccc(Cl)nc12. The van der Waals surface area contributed by atoms with Gasteiger partial charge in [0.05, 0.1) is 23.2 Å². The van der Waals surface area contributed by atoms with Crippen LogP contribution in [0.1, 0.15) is 41.6 Å². The van der Waals surface area contributed by atoms with Crippen molar-refractivity contribution in [2.45, 2.75) is 44.4 Å². The van der Waals surface area contributed by atoms with E-state index in [1.807, 2.05) is 10.6 Å². The molecule has 5 nitrogen and oxygen atoms in total. The van der Waals surface area contributed by atoms with E-state index < -0.39 is 6.10 Å². The second-order valence-electron chi connectivity index (χ2n) is 7.23. The molecule has 1 fully saturated rings. The molecule has 0 saturated heterocycles. The van der Waals surface area contributed by atoms with Gasteiger partial charge in [-0.2, -0.15) is 0 Å². The zero-order valence-electron chi connectivity index (χ0n) is 15.2. The average molecular weight is 402 g/mol. The molecule has 2 N–H and O–H groups in total. The number of hydrogen-bond acceptors (Lipinski definition) is 3. The number of pyridine rings is 1. The predicted molar refractivity (Wildman–Crippen MR) is 106 cm³/mol. The number of carbonyl (C=O) groups excluding carboxylic acids is 1. The summed E-state index contributed by atoms with van der Waals surface area (Å²) in [6.07, 6.45) is 4.63. The average Bonchev–Trinajstić information content (AvgIpc) is 3.03. The largest absolute Gasteiger partial charge is 0.391 e. The molecule has 0 radical (unpaired) electrons. The summed E-state index contributed by atoms with van der Waals surface area (Å²) in [6, 6.07) is 9.49. The van der Waals surface area contributed by atoms with Crippen molar-refractivity contribution in [1.29, 1.82) is 0 Å². The highest BCUT2D eigenvalue weighted by molar-refractivity contribution is 6.30. The molecular formula is C21H21ClFN3O2. The lowest BCUT2D eigenvalue weighted by molar-refractivity contribution is 0.0718. The molecule has 0 bridgehead atoms. The number of aromatic nitrogens is 2. The van der Waals surface area contributed by atoms with E-state index in [-0.39, 0.29) is 17.8 Å². The first kappa shape index (κ1) is 18.9. The molecule has 1 aliphatic rings. The van der Waals surface area contributed by atoms with E-state index >= 15 is 0 Å². The molecule has 2 aromatic heterocycles. The highest BCUT2D eigenvalue weighted by atomic mass is 35.5. The number of carbonyl (C=O) groups is 1. The number of aliphatic hydroxyl groups excluding tert-OH is 1. The van der Waals surface area contributed by atoms with Gasteiger partial charge in [-0.1, -0.05) is 36.6 Å². The van der Waals surface area contributed by atoms with Gasteiger partial charge in [-0.25, -0.2) is 9.37 Å². The Balaban J connectivity index is 1.66. The Morgan fingerprint density at radius 1 is 1.21 bits per heavy atom. The molecule has 0 aliphatic heterocycles. The predicted octanol–water partition coefficient (Wildman–Crippen LogP) is 3.91. The molecule has 3 aromatic rings. The number of halogens is 2. The monoisotopic (exact) mass is 401 g/mol. The minimum atomic E-state index is -0.526. The molecule has 4 rings (SSSR count). The molecule has 2 heterocycles. The molecule has 1 amide bonds. The summed E-state index contributed by atoms with van der Waals surface area (Å²) in [5.74, 6) is -0.566. The number of fused-ring (bicyclic) bond motifs is 1. The van der Waals surface area contributed by atoms with Crippen LogP contribution in [0.3, 0.4) is 0 Å². The Bertz CT molecular complexity index is 1000. The van der Waals surface area contributed by atoms with Crippen molar-refractivity contribution in [2.24, 2.45) is 0 Å². The first-order valence-electron chi connectivity index (χ1n) is 9.40. The molecule has 7 heteroatoms. The van der Waals surface area contributed by atoms with Crippen LogP contribution in [0.25, 0.3) is 11.0 Å². The van der Waals surface area contributed by atoms with Crippen LogP contribution in [0.2, 0.25) is 5.15 Å². The first-order valence-corrected chi connectivity index (χ1v) is 9.78. The van der Waals surface area contributed by atoms with E-state index in [4.69, 9.17) is 11.6 Å². The topological polar surface area (TPSA) is 67.2 Å². The molecule has 1 aliphatic carbocycles. The van der Waals surface area contributed by atoms with Crippen molar-refractivity contribution in [3.63, 3.8) is 0 Å². The maximum Gasteiger partial charge on any atom is 0.255 e. The first-order chi connectivity index (χ1) is 13.5. The summed E-state index contributed by atoms with van der Waals surface area (Å²) in [7, 11) is 0. The Kier molecular flexibility index (Phi) is 5.33. The number of hydrogen-bond donors (Lipinski definition) is 2.